The van der Waals surface area contributed by atoms with E-state index in [4.69, 9.17) is 0 Å². The molecule has 6 heteroatoms. The number of amides is 2. The standard InChI is InChI=1S/C18H24N2O4/c1-12(2)17(22)20-10-8-14(9-11-20)16(21)19-15(18(23)24)13-6-4-3-5-7-13/h3-7,12,14-15H,8-11H2,1-2H3,(H,19,21)(H,23,24). The Bertz CT molecular complexity index is 592. The van der Waals surface area contributed by atoms with Crippen LogP contribution in [0.25, 0.3) is 0 Å². The van der Waals surface area contributed by atoms with Crippen molar-refractivity contribution >= 4 is 17.8 Å². The normalized spacial score (nSPS) is 16.7. The van der Waals surface area contributed by atoms with E-state index in [0.29, 0.717) is 31.5 Å². The molecule has 1 aliphatic rings. The highest BCUT2D eigenvalue weighted by atomic mass is 16.4. The summed E-state index contributed by atoms with van der Waals surface area (Å²) >= 11 is 0. The Kier molecular flexibility index (Phi) is 5.95. The van der Waals surface area contributed by atoms with Crippen LogP contribution in [0.2, 0.25) is 0 Å². The van der Waals surface area contributed by atoms with E-state index in [-0.39, 0.29) is 23.7 Å². The van der Waals surface area contributed by atoms with Gasteiger partial charge in [0.15, 0.2) is 6.04 Å². The van der Waals surface area contributed by atoms with E-state index in [9.17, 15) is 19.5 Å². The van der Waals surface area contributed by atoms with Gasteiger partial charge < -0.3 is 15.3 Å². The average molecular weight is 332 g/mol. The number of nitrogens with one attached hydrogen (secondary N) is 1. The van der Waals surface area contributed by atoms with Gasteiger partial charge in [0.05, 0.1) is 0 Å². The van der Waals surface area contributed by atoms with E-state index in [0.717, 1.165) is 0 Å². The first-order chi connectivity index (χ1) is 11.4. The number of carboxylic acids is 1. The number of carbonyl (C=O) groups is 3. The summed E-state index contributed by atoms with van der Waals surface area (Å²) in [5.74, 6) is -1.55. The van der Waals surface area contributed by atoms with E-state index in [1.54, 1.807) is 35.2 Å². The number of piperidine rings is 1. The van der Waals surface area contributed by atoms with Gasteiger partial charge in [0.2, 0.25) is 11.8 Å². The highest BCUT2D eigenvalue weighted by Crippen LogP contribution is 2.21. The van der Waals surface area contributed by atoms with Gasteiger partial charge >= 0.3 is 5.97 Å². The van der Waals surface area contributed by atoms with Crippen LogP contribution in [0.5, 0.6) is 0 Å². The monoisotopic (exact) mass is 332 g/mol. The molecular formula is C18H24N2O4. The Balaban J connectivity index is 1.95. The summed E-state index contributed by atoms with van der Waals surface area (Å²) in [6, 6.07) is 7.60. The lowest BCUT2D eigenvalue weighted by Gasteiger charge is -2.33. The fourth-order valence-corrected chi connectivity index (χ4v) is 2.92. The molecule has 24 heavy (non-hydrogen) atoms. The summed E-state index contributed by atoms with van der Waals surface area (Å²) in [4.78, 5) is 37.6. The molecule has 0 aliphatic carbocycles. The van der Waals surface area contributed by atoms with Crippen molar-refractivity contribution < 1.29 is 19.5 Å². The van der Waals surface area contributed by atoms with Crippen LogP contribution in [0.4, 0.5) is 0 Å². The van der Waals surface area contributed by atoms with Gasteiger partial charge in [-0.05, 0) is 18.4 Å². The quantitative estimate of drug-likeness (QED) is 0.861. The van der Waals surface area contributed by atoms with Crippen LogP contribution in [-0.4, -0.2) is 40.9 Å². The molecule has 1 unspecified atom stereocenters. The summed E-state index contributed by atoms with van der Waals surface area (Å²) in [7, 11) is 0. The minimum Gasteiger partial charge on any atom is -0.479 e. The molecule has 1 aromatic carbocycles. The smallest absolute Gasteiger partial charge is 0.330 e. The molecule has 1 fully saturated rings. The third-order valence-electron chi connectivity index (χ3n) is 4.34. The number of rotatable bonds is 5. The van der Waals surface area contributed by atoms with Crippen LogP contribution in [0.15, 0.2) is 30.3 Å². The van der Waals surface area contributed by atoms with Crippen LogP contribution in [0, 0.1) is 11.8 Å². The third kappa shape index (κ3) is 4.34. The fraction of sp³-hybridized carbons (Fsp3) is 0.500. The molecule has 1 aromatic rings. The largest absolute Gasteiger partial charge is 0.479 e. The first kappa shape index (κ1) is 18.0. The molecule has 0 radical (unpaired) electrons. The molecule has 2 N–H and O–H groups in total. The number of hydrogen-bond donors (Lipinski definition) is 2. The number of aliphatic carboxylic acids is 1. The third-order valence-corrected chi connectivity index (χ3v) is 4.34. The van der Waals surface area contributed by atoms with Crippen molar-refractivity contribution in [3.63, 3.8) is 0 Å². The minimum atomic E-state index is -1.08. The predicted octanol–water partition coefficient (Wildman–Crippen LogP) is 1.82. The molecule has 2 rings (SSSR count). The summed E-state index contributed by atoms with van der Waals surface area (Å²) in [5, 5.41) is 12.0. The Labute approximate surface area is 141 Å². The van der Waals surface area contributed by atoms with Gasteiger partial charge in [0.25, 0.3) is 0 Å². The lowest BCUT2D eigenvalue weighted by atomic mass is 9.94. The van der Waals surface area contributed by atoms with Gasteiger partial charge in [-0.2, -0.15) is 0 Å². The zero-order valence-electron chi connectivity index (χ0n) is 14.1. The van der Waals surface area contributed by atoms with Crippen molar-refractivity contribution in [3.8, 4) is 0 Å². The second kappa shape index (κ2) is 7.95. The molecule has 0 spiro atoms. The van der Waals surface area contributed by atoms with Crippen molar-refractivity contribution in [2.75, 3.05) is 13.1 Å². The van der Waals surface area contributed by atoms with Crippen molar-refractivity contribution in [2.24, 2.45) is 11.8 Å². The molecule has 6 nitrogen and oxygen atoms in total. The number of carbonyl (C=O) groups excluding carboxylic acids is 2. The number of carboxylic acid groups (broad SMARTS) is 1. The Morgan fingerprint density at radius 3 is 2.21 bits per heavy atom. The molecule has 2 amide bonds. The summed E-state index contributed by atoms with van der Waals surface area (Å²) in [6.07, 6.45) is 1.12. The lowest BCUT2D eigenvalue weighted by Crippen LogP contribution is -2.45. The average Bonchev–Trinajstić information content (AvgIpc) is 2.59. The topological polar surface area (TPSA) is 86.7 Å². The first-order valence-corrected chi connectivity index (χ1v) is 8.27. The highest BCUT2D eigenvalue weighted by Gasteiger charge is 2.31. The second-order valence-corrected chi connectivity index (χ2v) is 6.44. The maximum atomic E-state index is 12.4. The Morgan fingerprint density at radius 1 is 1.12 bits per heavy atom. The molecule has 1 heterocycles. The van der Waals surface area contributed by atoms with Gasteiger partial charge in [-0.1, -0.05) is 44.2 Å². The number of likely N-dealkylation sites (tertiary alicyclic amines) is 1. The van der Waals surface area contributed by atoms with Gasteiger partial charge in [0.1, 0.15) is 0 Å². The van der Waals surface area contributed by atoms with Crippen molar-refractivity contribution in [3.05, 3.63) is 35.9 Å². The lowest BCUT2D eigenvalue weighted by molar-refractivity contribution is -0.143. The first-order valence-electron chi connectivity index (χ1n) is 8.27. The number of nitrogens with zero attached hydrogens (tertiary/aromatic N) is 1. The fourth-order valence-electron chi connectivity index (χ4n) is 2.92. The SMILES string of the molecule is CC(C)C(=O)N1CCC(C(=O)NC(C(=O)O)c2ccccc2)CC1. The van der Waals surface area contributed by atoms with E-state index in [2.05, 4.69) is 5.32 Å². The summed E-state index contributed by atoms with van der Waals surface area (Å²) in [6.45, 7) is 4.80. The summed E-state index contributed by atoms with van der Waals surface area (Å²) in [5.41, 5.74) is 0.547. The van der Waals surface area contributed by atoms with E-state index in [1.165, 1.54) is 0 Å². The van der Waals surface area contributed by atoms with Crippen LogP contribution >= 0.6 is 0 Å². The van der Waals surface area contributed by atoms with Gasteiger partial charge in [0, 0.05) is 24.9 Å². The molecule has 130 valence electrons. The van der Waals surface area contributed by atoms with E-state index in [1.807, 2.05) is 13.8 Å². The van der Waals surface area contributed by atoms with E-state index < -0.39 is 12.0 Å². The minimum absolute atomic E-state index is 0.0511. The maximum absolute atomic E-state index is 12.4. The van der Waals surface area contributed by atoms with Crippen molar-refractivity contribution in [2.45, 2.75) is 32.7 Å². The zero-order chi connectivity index (χ0) is 17.7. The molecule has 1 aliphatic heterocycles. The molecular weight excluding hydrogens is 308 g/mol. The zero-order valence-corrected chi connectivity index (χ0v) is 14.1. The van der Waals surface area contributed by atoms with Crippen LogP contribution in [-0.2, 0) is 14.4 Å². The van der Waals surface area contributed by atoms with Gasteiger partial charge in [-0.3, -0.25) is 9.59 Å². The predicted molar refractivity (Wildman–Crippen MR) is 89.1 cm³/mol. The highest BCUT2D eigenvalue weighted by molar-refractivity contribution is 5.86. The van der Waals surface area contributed by atoms with E-state index >= 15 is 0 Å². The summed E-state index contributed by atoms with van der Waals surface area (Å²) < 4.78 is 0. The van der Waals surface area contributed by atoms with Crippen molar-refractivity contribution in [1.29, 1.82) is 0 Å². The Morgan fingerprint density at radius 2 is 1.71 bits per heavy atom. The number of hydrogen-bond acceptors (Lipinski definition) is 3. The molecule has 0 saturated carbocycles. The van der Waals surface area contributed by atoms with Crippen LogP contribution < -0.4 is 5.32 Å². The molecule has 1 atom stereocenters. The van der Waals surface area contributed by atoms with Crippen LogP contribution in [0.1, 0.15) is 38.3 Å². The molecule has 0 bridgehead atoms. The molecule has 1 saturated heterocycles. The van der Waals surface area contributed by atoms with Crippen molar-refractivity contribution in [1.82, 2.24) is 10.2 Å². The number of benzene rings is 1. The Hall–Kier alpha value is -2.37. The second-order valence-electron chi connectivity index (χ2n) is 6.44. The van der Waals surface area contributed by atoms with Crippen LogP contribution in [0.3, 0.4) is 0 Å². The maximum Gasteiger partial charge on any atom is 0.330 e. The molecule has 0 aromatic heterocycles. The van der Waals surface area contributed by atoms with Gasteiger partial charge in [-0.15, -0.1) is 0 Å². The van der Waals surface area contributed by atoms with Gasteiger partial charge in [-0.25, -0.2) is 4.79 Å².